The lowest BCUT2D eigenvalue weighted by Crippen LogP contribution is -2.15. The minimum Gasteiger partial charge on any atom is -0.323 e. The normalized spacial score (nSPS) is 14.6. The molecular formula is C14H16BrN3. The number of hydrazine groups is 1. The van der Waals surface area contributed by atoms with Gasteiger partial charge in [0.1, 0.15) is 0 Å². The van der Waals surface area contributed by atoms with E-state index in [-0.39, 0.29) is 0 Å². The smallest absolute Gasteiger partial charge is 0.0868 e. The van der Waals surface area contributed by atoms with Gasteiger partial charge in [0.25, 0.3) is 0 Å². The van der Waals surface area contributed by atoms with Gasteiger partial charge in [0, 0.05) is 15.6 Å². The highest BCUT2D eigenvalue weighted by molar-refractivity contribution is 9.10. The van der Waals surface area contributed by atoms with Gasteiger partial charge >= 0.3 is 0 Å². The highest BCUT2D eigenvalue weighted by atomic mass is 79.9. The van der Waals surface area contributed by atoms with Gasteiger partial charge in [-0.05, 0) is 71.8 Å². The van der Waals surface area contributed by atoms with Gasteiger partial charge in [-0.25, -0.2) is 0 Å². The van der Waals surface area contributed by atoms with Crippen molar-refractivity contribution in [3.05, 3.63) is 33.4 Å². The molecule has 0 aliphatic heterocycles. The Morgan fingerprint density at radius 1 is 1.28 bits per heavy atom. The van der Waals surface area contributed by atoms with Crippen LogP contribution in [0.2, 0.25) is 0 Å². The van der Waals surface area contributed by atoms with Crippen LogP contribution in [0, 0.1) is 6.92 Å². The van der Waals surface area contributed by atoms with Crippen molar-refractivity contribution in [3.63, 3.8) is 0 Å². The summed E-state index contributed by atoms with van der Waals surface area (Å²) in [6.07, 6.45) is 4.57. The summed E-state index contributed by atoms with van der Waals surface area (Å²) in [5.41, 5.74) is 8.67. The van der Waals surface area contributed by atoms with Crippen molar-refractivity contribution in [1.29, 1.82) is 0 Å². The molecule has 1 aromatic heterocycles. The third-order valence-electron chi connectivity index (χ3n) is 3.61. The summed E-state index contributed by atoms with van der Waals surface area (Å²) in [5, 5.41) is 1.12. The Kier molecular flexibility index (Phi) is 2.99. The fraction of sp³-hybridized carbons (Fsp3) is 0.357. The fourth-order valence-corrected chi connectivity index (χ4v) is 3.45. The van der Waals surface area contributed by atoms with Crippen molar-refractivity contribution < 1.29 is 0 Å². The van der Waals surface area contributed by atoms with Gasteiger partial charge in [-0.3, -0.25) is 10.8 Å². The average Bonchev–Trinajstić information content (AvgIpc) is 2.36. The number of hydrogen-bond donors (Lipinski definition) is 2. The van der Waals surface area contributed by atoms with E-state index in [0.717, 1.165) is 33.9 Å². The van der Waals surface area contributed by atoms with Crippen molar-refractivity contribution in [1.82, 2.24) is 4.98 Å². The van der Waals surface area contributed by atoms with Crippen LogP contribution in [0.4, 0.5) is 5.69 Å². The van der Waals surface area contributed by atoms with Crippen LogP contribution < -0.4 is 11.3 Å². The van der Waals surface area contributed by atoms with Crippen molar-refractivity contribution in [2.24, 2.45) is 5.84 Å². The molecule has 1 aliphatic rings. The zero-order valence-electron chi connectivity index (χ0n) is 10.4. The number of aryl methyl sites for hydroxylation is 2. The molecule has 18 heavy (non-hydrogen) atoms. The molecule has 0 saturated carbocycles. The van der Waals surface area contributed by atoms with E-state index in [0.29, 0.717) is 0 Å². The van der Waals surface area contributed by atoms with Crippen molar-refractivity contribution in [3.8, 4) is 0 Å². The lowest BCUT2D eigenvalue weighted by Gasteiger charge is -2.21. The molecule has 3 N–H and O–H groups in total. The molecule has 2 aromatic rings. The summed E-state index contributed by atoms with van der Waals surface area (Å²) < 4.78 is 1.04. The number of anilines is 1. The highest BCUT2D eigenvalue weighted by Crippen LogP contribution is 2.36. The molecule has 94 valence electrons. The van der Waals surface area contributed by atoms with E-state index in [9.17, 15) is 0 Å². The van der Waals surface area contributed by atoms with Gasteiger partial charge in [0.2, 0.25) is 0 Å². The molecule has 0 unspecified atom stereocenters. The number of benzene rings is 1. The lowest BCUT2D eigenvalue weighted by molar-refractivity contribution is 0.672. The minimum atomic E-state index is 1.01. The summed E-state index contributed by atoms with van der Waals surface area (Å²) in [6.45, 7) is 2.09. The first-order chi connectivity index (χ1) is 8.70. The molecule has 1 aliphatic carbocycles. The summed E-state index contributed by atoms with van der Waals surface area (Å²) >= 11 is 3.61. The van der Waals surface area contributed by atoms with E-state index < -0.39 is 0 Å². The van der Waals surface area contributed by atoms with Crippen LogP contribution in [-0.4, -0.2) is 4.98 Å². The maximum atomic E-state index is 5.75. The maximum absolute atomic E-state index is 5.75. The molecule has 0 fully saturated rings. The van der Waals surface area contributed by atoms with Crippen LogP contribution in [0.1, 0.15) is 29.7 Å². The highest BCUT2D eigenvalue weighted by Gasteiger charge is 2.18. The summed E-state index contributed by atoms with van der Waals surface area (Å²) in [4.78, 5) is 4.82. The Morgan fingerprint density at radius 2 is 2.06 bits per heavy atom. The average molecular weight is 306 g/mol. The maximum Gasteiger partial charge on any atom is 0.0868 e. The standard InChI is InChI=1S/C14H16BrN3/c1-8-6-10-13(18-16)9-4-2-3-5-12(9)17-14(10)11(15)7-8/h6-7H,2-5,16H2,1H3,(H,17,18). The van der Waals surface area contributed by atoms with Gasteiger partial charge < -0.3 is 5.43 Å². The second-order valence-corrected chi connectivity index (χ2v) is 5.76. The first-order valence-electron chi connectivity index (χ1n) is 6.29. The van der Waals surface area contributed by atoms with E-state index >= 15 is 0 Å². The number of nitrogen functional groups attached to an aromatic ring is 1. The molecule has 1 heterocycles. The van der Waals surface area contributed by atoms with Crippen molar-refractivity contribution in [2.75, 3.05) is 5.43 Å². The van der Waals surface area contributed by atoms with Gasteiger partial charge in [-0.15, -0.1) is 0 Å². The molecule has 3 nitrogen and oxygen atoms in total. The first kappa shape index (κ1) is 11.9. The third kappa shape index (κ3) is 1.80. The molecular weight excluding hydrogens is 290 g/mol. The number of nitrogens with two attached hydrogens (primary N) is 1. The molecule has 4 heteroatoms. The van der Waals surface area contributed by atoms with Crippen LogP contribution in [0.15, 0.2) is 16.6 Å². The second kappa shape index (κ2) is 4.52. The quantitative estimate of drug-likeness (QED) is 0.626. The molecule has 1 aromatic carbocycles. The third-order valence-corrected chi connectivity index (χ3v) is 4.21. The summed E-state index contributed by atoms with van der Waals surface area (Å²) in [5.74, 6) is 5.75. The Balaban J connectivity index is 2.40. The molecule has 0 bridgehead atoms. The number of nitrogens with zero attached hydrogens (tertiary/aromatic N) is 1. The molecule has 3 rings (SSSR count). The van der Waals surface area contributed by atoms with Gasteiger partial charge in [0.15, 0.2) is 0 Å². The lowest BCUT2D eigenvalue weighted by atomic mass is 9.92. The zero-order valence-corrected chi connectivity index (χ0v) is 12.0. The number of rotatable bonds is 1. The fourth-order valence-electron chi connectivity index (χ4n) is 2.78. The Morgan fingerprint density at radius 3 is 2.83 bits per heavy atom. The first-order valence-corrected chi connectivity index (χ1v) is 7.08. The number of halogens is 1. The van der Waals surface area contributed by atoms with Crippen LogP contribution in [0.3, 0.4) is 0 Å². The molecule has 0 atom stereocenters. The number of nitrogens with one attached hydrogen (secondary N) is 1. The molecule has 0 radical (unpaired) electrons. The Bertz CT molecular complexity index is 622. The second-order valence-electron chi connectivity index (χ2n) is 4.91. The monoisotopic (exact) mass is 305 g/mol. The van der Waals surface area contributed by atoms with E-state index in [1.165, 1.54) is 29.7 Å². The summed E-state index contributed by atoms with van der Waals surface area (Å²) in [6, 6.07) is 4.25. The number of pyridine rings is 1. The largest absolute Gasteiger partial charge is 0.323 e. The number of fused-ring (bicyclic) bond motifs is 2. The van der Waals surface area contributed by atoms with Crippen LogP contribution in [0.25, 0.3) is 10.9 Å². The SMILES string of the molecule is Cc1cc(Br)c2nc3c(c(NN)c2c1)CCCC3. The minimum absolute atomic E-state index is 1.01. The predicted octanol–water partition coefficient (Wildman–Crippen LogP) is 3.47. The van der Waals surface area contributed by atoms with E-state index in [1.54, 1.807) is 0 Å². The van der Waals surface area contributed by atoms with Crippen LogP contribution >= 0.6 is 15.9 Å². The molecule has 0 spiro atoms. The van der Waals surface area contributed by atoms with Gasteiger partial charge in [-0.1, -0.05) is 0 Å². The predicted molar refractivity (Wildman–Crippen MR) is 78.6 cm³/mol. The number of aromatic nitrogens is 1. The summed E-state index contributed by atoms with van der Waals surface area (Å²) in [7, 11) is 0. The topological polar surface area (TPSA) is 50.9 Å². The van der Waals surface area contributed by atoms with Crippen LogP contribution in [-0.2, 0) is 12.8 Å². The molecule has 0 amide bonds. The van der Waals surface area contributed by atoms with Crippen molar-refractivity contribution in [2.45, 2.75) is 32.6 Å². The van der Waals surface area contributed by atoms with E-state index in [4.69, 9.17) is 10.8 Å². The molecule has 0 saturated heterocycles. The zero-order chi connectivity index (χ0) is 12.7. The number of hydrogen-bond acceptors (Lipinski definition) is 3. The van der Waals surface area contributed by atoms with Crippen LogP contribution in [0.5, 0.6) is 0 Å². The van der Waals surface area contributed by atoms with E-state index in [2.05, 4.69) is 40.4 Å². The Hall–Kier alpha value is -1.13. The van der Waals surface area contributed by atoms with Crippen molar-refractivity contribution >= 4 is 32.5 Å². The van der Waals surface area contributed by atoms with E-state index in [1.807, 2.05) is 0 Å². The van der Waals surface area contributed by atoms with Gasteiger partial charge in [-0.2, -0.15) is 0 Å². The Labute approximate surface area is 115 Å². The van der Waals surface area contributed by atoms with Gasteiger partial charge in [0.05, 0.1) is 11.2 Å².